The molecule has 1 N–H and O–H groups in total. The summed E-state index contributed by atoms with van der Waals surface area (Å²) in [6.45, 7) is 0. The fourth-order valence-corrected chi connectivity index (χ4v) is 6.24. The quantitative estimate of drug-likeness (QED) is 0.185. The molecule has 1 aromatic carbocycles. The van der Waals surface area contributed by atoms with Gasteiger partial charge in [0.1, 0.15) is 11.8 Å². The predicted octanol–water partition coefficient (Wildman–Crippen LogP) is 5.92. The van der Waals surface area contributed by atoms with Crippen molar-refractivity contribution in [1.82, 2.24) is 10.2 Å². The lowest BCUT2D eigenvalue weighted by Gasteiger charge is -2.21. The molecule has 5 rings (SSSR count). The lowest BCUT2D eigenvalue weighted by atomic mass is 10.0. The van der Waals surface area contributed by atoms with E-state index in [9.17, 15) is 14.7 Å². The van der Waals surface area contributed by atoms with Crippen LogP contribution in [0.2, 0.25) is 5.02 Å². The first kappa shape index (κ1) is 21.9. The second kappa shape index (κ2) is 9.14. The Kier molecular flexibility index (Phi) is 6.07. The molecule has 1 aliphatic rings. The fourth-order valence-electron chi connectivity index (χ4n) is 3.40. The molecule has 1 amide bonds. The van der Waals surface area contributed by atoms with Gasteiger partial charge in [-0.05, 0) is 35.2 Å². The van der Waals surface area contributed by atoms with Gasteiger partial charge < -0.3 is 9.52 Å². The summed E-state index contributed by atoms with van der Waals surface area (Å²) in [7, 11) is 0. The van der Waals surface area contributed by atoms with Gasteiger partial charge in [-0.2, -0.15) is 0 Å². The first-order valence-corrected chi connectivity index (χ1v) is 12.7. The molecule has 1 atom stereocenters. The minimum absolute atomic E-state index is 0.0436. The van der Waals surface area contributed by atoms with Gasteiger partial charge in [0.2, 0.25) is 10.9 Å². The van der Waals surface area contributed by atoms with Crippen LogP contribution in [0.25, 0.3) is 0 Å². The third kappa shape index (κ3) is 4.10. The number of halogens is 1. The van der Waals surface area contributed by atoms with E-state index in [0.717, 1.165) is 5.56 Å². The van der Waals surface area contributed by atoms with Crippen LogP contribution in [0, 0.1) is 0 Å². The summed E-state index contributed by atoms with van der Waals surface area (Å²) in [6.07, 6.45) is 1.45. The average molecular weight is 516 g/mol. The molecule has 4 heterocycles. The third-order valence-corrected chi connectivity index (χ3v) is 8.26. The summed E-state index contributed by atoms with van der Waals surface area (Å²) in [5.74, 6) is -0.856. The number of aliphatic hydroxyl groups excluding tert-OH is 1. The second-order valence-corrected chi connectivity index (χ2v) is 10.4. The number of carbonyl (C=O) groups excluding carboxylic acids is 2. The van der Waals surface area contributed by atoms with E-state index in [-0.39, 0.29) is 10.7 Å². The first-order chi connectivity index (χ1) is 16.0. The highest BCUT2D eigenvalue weighted by molar-refractivity contribution is 8.00. The molecule has 7 nitrogen and oxygen atoms in total. The van der Waals surface area contributed by atoms with Gasteiger partial charge in [-0.25, -0.2) is 0 Å². The number of rotatable bonds is 7. The number of aromatic nitrogens is 2. The van der Waals surface area contributed by atoms with E-state index >= 15 is 0 Å². The molecule has 0 radical (unpaired) electrons. The summed E-state index contributed by atoms with van der Waals surface area (Å²) >= 11 is 10.1. The molecule has 4 aromatic rings. The number of anilines is 1. The predicted molar refractivity (Wildman–Crippen MR) is 128 cm³/mol. The molecule has 33 heavy (non-hydrogen) atoms. The van der Waals surface area contributed by atoms with Crippen molar-refractivity contribution in [3.8, 4) is 0 Å². The Bertz CT molecular complexity index is 1350. The number of furan rings is 1. The van der Waals surface area contributed by atoms with E-state index in [1.54, 1.807) is 29.6 Å². The molecule has 0 saturated carbocycles. The van der Waals surface area contributed by atoms with Crippen LogP contribution in [-0.4, -0.2) is 27.0 Å². The SMILES string of the molecule is O=C(C1=C(O)C(=O)N(c2nnc(SCc3ccccc3Cl)s2)C1c1ccco1)c1cccs1. The van der Waals surface area contributed by atoms with Crippen LogP contribution in [0.1, 0.15) is 27.0 Å². The first-order valence-electron chi connectivity index (χ1n) is 9.62. The van der Waals surface area contributed by atoms with Crippen LogP contribution in [-0.2, 0) is 10.5 Å². The lowest BCUT2D eigenvalue weighted by molar-refractivity contribution is -0.117. The molecule has 166 valence electrons. The Hall–Kier alpha value is -2.92. The van der Waals surface area contributed by atoms with Crippen LogP contribution in [0.4, 0.5) is 5.13 Å². The van der Waals surface area contributed by atoms with Gasteiger partial charge in [0.15, 0.2) is 10.1 Å². The zero-order valence-electron chi connectivity index (χ0n) is 16.7. The van der Waals surface area contributed by atoms with Crippen molar-refractivity contribution in [2.45, 2.75) is 16.1 Å². The van der Waals surface area contributed by atoms with Gasteiger partial charge in [0.05, 0.1) is 16.7 Å². The van der Waals surface area contributed by atoms with Crippen molar-refractivity contribution in [2.75, 3.05) is 4.90 Å². The molecule has 0 bridgehead atoms. The van der Waals surface area contributed by atoms with E-state index in [2.05, 4.69) is 10.2 Å². The number of carbonyl (C=O) groups is 2. The number of aliphatic hydroxyl groups is 1. The van der Waals surface area contributed by atoms with Crippen molar-refractivity contribution < 1.29 is 19.1 Å². The Morgan fingerprint density at radius 3 is 2.76 bits per heavy atom. The number of ketones is 1. The molecule has 11 heteroatoms. The van der Waals surface area contributed by atoms with E-state index in [1.807, 2.05) is 24.3 Å². The third-order valence-electron chi connectivity index (χ3n) is 4.92. The molecule has 3 aromatic heterocycles. The smallest absolute Gasteiger partial charge is 0.296 e. The Labute approximate surface area is 205 Å². The standard InChI is InChI=1S/C22H14ClN3O4S3/c23-13-6-2-1-5-12(13)11-32-22-25-24-21(33-22)26-17(14-7-3-9-30-14)16(19(28)20(26)29)18(27)15-8-4-10-31-15/h1-10,17,28H,11H2. The van der Waals surface area contributed by atoms with Crippen molar-refractivity contribution in [3.63, 3.8) is 0 Å². The van der Waals surface area contributed by atoms with Gasteiger partial charge >= 0.3 is 0 Å². The number of amides is 1. The van der Waals surface area contributed by atoms with E-state index < -0.39 is 23.5 Å². The van der Waals surface area contributed by atoms with E-state index in [4.69, 9.17) is 16.0 Å². The molecular weight excluding hydrogens is 502 g/mol. The second-order valence-electron chi connectivity index (χ2n) is 6.89. The maximum atomic E-state index is 13.2. The maximum Gasteiger partial charge on any atom is 0.296 e. The Balaban J connectivity index is 1.46. The number of hydrogen-bond donors (Lipinski definition) is 1. The van der Waals surface area contributed by atoms with Gasteiger partial charge in [-0.1, -0.05) is 59.0 Å². The lowest BCUT2D eigenvalue weighted by Crippen LogP contribution is -2.30. The molecule has 0 fully saturated rings. The number of thioether (sulfide) groups is 1. The largest absolute Gasteiger partial charge is 0.503 e. The van der Waals surface area contributed by atoms with Gasteiger partial charge in [0.25, 0.3) is 5.91 Å². The molecular formula is C22H14ClN3O4S3. The molecule has 0 saturated heterocycles. The van der Waals surface area contributed by atoms with Gasteiger partial charge in [0, 0.05) is 10.8 Å². The summed E-state index contributed by atoms with van der Waals surface area (Å²) in [4.78, 5) is 27.9. The van der Waals surface area contributed by atoms with E-state index in [0.29, 0.717) is 25.8 Å². The van der Waals surface area contributed by atoms with Crippen LogP contribution in [0.5, 0.6) is 0 Å². The number of nitrogens with zero attached hydrogens (tertiary/aromatic N) is 3. The van der Waals surface area contributed by atoms with Crippen LogP contribution in [0.15, 0.2) is 80.3 Å². The van der Waals surface area contributed by atoms with Crippen molar-refractivity contribution in [2.24, 2.45) is 0 Å². The summed E-state index contributed by atoms with van der Waals surface area (Å²) in [6, 6.07) is 13.3. The minimum atomic E-state index is -0.948. The van der Waals surface area contributed by atoms with Crippen molar-refractivity contribution >= 4 is 62.9 Å². The Morgan fingerprint density at radius 1 is 1.18 bits per heavy atom. The molecule has 0 spiro atoms. The number of thiophene rings is 1. The van der Waals surface area contributed by atoms with Crippen LogP contribution >= 0.6 is 46.0 Å². The normalized spacial score (nSPS) is 16.1. The monoisotopic (exact) mass is 515 g/mol. The van der Waals surface area contributed by atoms with Crippen molar-refractivity contribution in [3.05, 3.63) is 92.7 Å². The molecule has 1 aliphatic heterocycles. The minimum Gasteiger partial charge on any atom is -0.503 e. The van der Waals surface area contributed by atoms with E-state index in [1.165, 1.54) is 45.6 Å². The van der Waals surface area contributed by atoms with Gasteiger partial charge in [-0.3, -0.25) is 14.5 Å². The highest BCUT2D eigenvalue weighted by Gasteiger charge is 2.47. The summed E-state index contributed by atoms with van der Waals surface area (Å²) in [5.41, 5.74) is 0.910. The summed E-state index contributed by atoms with van der Waals surface area (Å²) in [5, 5.41) is 21.7. The average Bonchev–Trinajstić information content (AvgIpc) is 3.61. The zero-order chi connectivity index (χ0) is 22.9. The molecule has 0 aliphatic carbocycles. The topological polar surface area (TPSA) is 96.5 Å². The Morgan fingerprint density at radius 2 is 2.03 bits per heavy atom. The molecule has 1 unspecified atom stereocenters. The maximum absolute atomic E-state index is 13.2. The number of Topliss-reactive ketones (excluding diaryl/α,β-unsaturated/α-hetero) is 1. The highest BCUT2D eigenvalue weighted by Crippen LogP contribution is 2.44. The van der Waals surface area contributed by atoms with Crippen molar-refractivity contribution in [1.29, 1.82) is 0 Å². The highest BCUT2D eigenvalue weighted by atomic mass is 35.5. The number of benzene rings is 1. The fraction of sp³-hybridized carbons (Fsp3) is 0.0909. The zero-order valence-corrected chi connectivity index (χ0v) is 19.9. The summed E-state index contributed by atoms with van der Waals surface area (Å²) < 4.78 is 6.16. The van der Waals surface area contributed by atoms with Crippen LogP contribution < -0.4 is 4.90 Å². The van der Waals surface area contributed by atoms with Crippen LogP contribution in [0.3, 0.4) is 0 Å². The number of hydrogen-bond acceptors (Lipinski definition) is 9. The van der Waals surface area contributed by atoms with Gasteiger partial charge in [-0.15, -0.1) is 21.5 Å².